The molecule has 0 N–H and O–H groups in total. The summed E-state index contributed by atoms with van der Waals surface area (Å²) >= 11 is 0.196. The third kappa shape index (κ3) is 8.92. The van der Waals surface area contributed by atoms with Crippen molar-refractivity contribution in [3.05, 3.63) is 11.1 Å². The van der Waals surface area contributed by atoms with Crippen molar-refractivity contribution in [2.45, 2.75) is 32.4 Å². The topological polar surface area (TPSA) is 44.8 Å². The third-order valence-corrected chi connectivity index (χ3v) is 3.19. The molecule has 0 aromatic heterocycles. The molecule has 0 fully saturated rings. The predicted molar refractivity (Wildman–Crippen MR) is 63.4 cm³/mol. The van der Waals surface area contributed by atoms with Crippen LogP contribution in [0.3, 0.4) is 0 Å². The number of ether oxygens (including phenoxy) is 3. The normalized spacial score (nSPS) is 11.2. The fourth-order valence-corrected chi connectivity index (χ4v) is 2.35. The van der Waals surface area contributed by atoms with Gasteiger partial charge in [-0.15, -0.1) is 0 Å². The molecule has 0 rings (SSSR count). The van der Waals surface area contributed by atoms with Gasteiger partial charge in [0.2, 0.25) is 0 Å². The Morgan fingerprint density at radius 1 is 1.19 bits per heavy atom. The van der Waals surface area contributed by atoms with Crippen LogP contribution in [0, 0.1) is 0 Å². The quantitative estimate of drug-likeness (QED) is 0.280. The van der Waals surface area contributed by atoms with Gasteiger partial charge in [-0.2, -0.15) is 0 Å². The monoisotopic (exact) mass is 296 g/mol. The maximum atomic E-state index is 11.0. The summed E-state index contributed by atoms with van der Waals surface area (Å²) in [7, 11) is 0. The van der Waals surface area contributed by atoms with Crippen molar-refractivity contribution in [2.75, 3.05) is 19.8 Å². The molecule has 0 radical (unpaired) electrons. The van der Waals surface area contributed by atoms with E-state index in [-0.39, 0.29) is 27.2 Å². The van der Waals surface area contributed by atoms with Crippen LogP contribution in [0.2, 0.25) is 5.32 Å². The molecular formula is C11H20O4Se. The Labute approximate surface area is 103 Å². The van der Waals surface area contributed by atoms with E-state index in [0.717, 1.165) is 5.32 Å². The average Bonchev–Trinajstić information content (AvgIpc) is 2.25. The molecule has 0 aliphatic rings. The molecule has 16 heavy (non-hydrogen) atoms. The zero-order chi connectivity index (χ0) is 12.2. The fourth-order valence-electron chi connectivity index (χ4n) is 0.944. The van der Waals surface area contributed by atoms with Crippen molar-refractivity contribution in [3.8, 4) is 0 Å². The molecule has 0 spiro atoms. The van der Waals surface area contributed by atoms with E-state index in [1.54, 1.807) is 6.92 Å². The van der Waals surface area contributed by atoms with Crippen LogP contribution in [-0.2, 0) is 19.0 Å². The second kappa shape index (κ2) is 11.1. The Balaban J connectivity index is 3.71. The summed E-state index contributed by atoms with van der Waals surface area (Å²) in [5.41, 5.74) is 0. The van der Waals surface area contributed by atoms with Gasteiger partial charge in [0.15, 0.2) is 0 Å². The molecule has 0 aromatic carbocycles. The average molecular weight is 295 g/mol. The molecule has 0 bridgehead atoms. The van der Waals surface area contributed by atoms with Gasteiger partial charge in [0.05, 0.1) is 0 Å². The summed E-state index contributed by atoms with van der Waals surface area (Å²) in [5, 5.41) is 0.810. The number of hydrogen-bond donors (Lipinski definition) is 0. The molecule has 0 aliphatic heterocycles. The van der Waals surface area contributed by atoms with Gasteiger partial charge in [-0.25, -0.2) is 0 Å². The van der Waals surface area contributed by atoms with Crippen molar-refractivity contribution in [2.24, 2.45) is 0 Å². The predicted octanol–water partition coefficient (Wildman–Crippen LogP) is 1.58. The zero-order valence-electron chi connectivity index (χ0n) is 10.1. The summed E-state index contributed by atoms with van der Waals surface area (Å²) in [4.78, 5) is 12.8. The van der Waals surface area contributed by atoms with E-state index in [2.05, 4.69) is 0 Å². The summed E-state index contributed by atoms with van der Waals surface area (Å²) in [6, 6.07) is 0. The van der Waals surface area contributed by atoms with Crippen molar-refractivity contribution in [3.63, 3.8) is 0 Å². The Kier molecular flexibility index (Phi) is 10.9. The van der Waals surface area contributed by atoms with E-state index in [1.807, 2.05) is 18.8 Å². The SMILES string of the molecule is CCOC(=O)/C=C/[Se]CC(OCC)OCC. The van der Waals surface area contributed by atoms with E-state index in [9.17, 15) is 4.79 Å². The number of rotatable bonds is 9. The van der Waals surface area contributed by atoms with Crippen LogP contribution in [0.4, 0.5) is 0 Å². The molecule has 0 atom stereocenters. The molecule has 5 heteroatoms. The van der Waals surface area contributed by atoms with Crippen molar-refractivity contribution in [1.29, 1.82) is 0 Å². The zero-order valence-corrected chi connectivity index (χ0v) is 11.8. The van der Waals surface area contributed by atoms with Crippen LogP contribution < -0.4 is 0 Å². The van der Waals surface area contributed by atoms with Crippen LogP contribution in [0.5, 0.6) is 0 Å². The molecule has 0 saturated carbocycles. The molecular weight excluding hydrogens is 275 g/mol. The van der Waals surface area contributed by atoms with E-state index in [1.165, 1.54) is 6.08 Å². The summed E-state index contributed by atoms with van der Waals surface area (Å²) in [6.07, 6.45) is 1.32. The molecule has 0 saturated heterocycles. The number of hydrogen-bond acceptors (Lipinski definition) is 4. The number of carbonyl (C=O) groups is 1. The number of carbonyl (C=O) groups excluding carboxylic acids is 1. The summed E-state index contributed by atoms with van der Waals surface area (Å²) in [6.45, 7) is 7.36. The Morgan fingerprint density at radius 3 is 2.31 bits per heavy atom. The minimum absolute atomic E-state index is 0.151. The van der Waals surface area contributed by atoms with Gasteiger partial charge in [-0.05, 0) is 0 Å². The molecule has 0 heterocycles. The number of esters is 1. The van der Waals surface area contributed by atoms with Gasteiger partial charge in [0.25, 0.3) is 0 Å². The Morgan fingerprint density at radius 2 is 1.81 bits per heavy atom. The van der Waals surface area contributed by atoms with Gasteiger partial charge >= 0.3 is 103 Å². The van der Waals surface area contributed by atoms with Gasteiger partial charge in [-0.3, -0.25) is 0 Å². The second-order valence-electron chi connectivity index (χ2n) is 2.73. The van der Waals surface area contributed by atoms with Gasteiger partial charge < -0.3 is 0 Å². The molecule has 4 nitrogen and oxygen atoms in total. The van der Waals surface area contributed by atoms with Gasteiger partial charge in [-0.1, -0.05) is 0 Å². The first-order valence-electron chi connectivity index (χ1n) is 5.42. The van der Waals surface area contributed by atoms with Crippen molar-refractivity contribution in [1.82, 2.24) is 0 Å². The minimum atomic E-state index is -0.284. The fraction of sp³-hybridized carbons (Fsp3) is 0.727. The Bertz CT molecular complexity index is 200. The van der Waals surface area contributed by atoms with Gasteiger partial charge in [0, 0.05) is 0 Å². The van der Waals surface area contributed by atoms with E-state index >= 15 is 0 Å². The van der Waals surface area contributed by atoms with Crippen LogP contribution in [0.1, 0.15) is 20.8 Å². The van der Waals surface area contributed by atoms with Crippen molar-refractivity contribution >= 4 is 20.9 Å². The first-order chi connectivity index (χ1) is 7.74. The van der Waals surface area contributed by atoms with Crippen LogP contribution in [0.25, 0.3) is 0 Å². The summed E-state index contributed by atoms with van der Waals surface area (Å²) < 4.78 is 15.5. The van der Waals surface area contributed by atoms with E-state index < -0.39 is 0 Å². The van der Waals surface area contributed by atoms with E-state index in [4.69, 9.17) is 14.2 Å². The second-order valence-corrected chi connectivity index (χ2v) is 4.70. The molecule has 0 unspecified atom stereocenters. The Hall–Kier alpha value is -0.351. The first-order valence-corrected chi connectivity index (χ1v) is 7.62. The van der Waals surface area contributed by atoms with Crippen molar-refractivity contribution < 1.29 is 19.0 Å². The van der Waals surface area contributed by atoms with Gasteiger partial charge in [0.1, 0.15) is 0 Å². The van der Waals surface area contributed by atoms with Crippen LogP contribution >= 0.6 is 0 Å². The van der Waals surface area contributed by atoms with E-state index in [0.29, 0.717) is 19.8 Å². The van der Waals surface area contributed by atoms with Crippen LogP contribution in [0.15, 0.2) is 11.1 Å². The molecule has 94 valence electrons. The first kappa shape index (κ1) is 15.6. The third-order valence-electron chi connectivity index (χ3n) is 1.52. The molecule has 0 amide bonds. The standard InChI is InChI=1S/C11H20O4Se/c1-4-13-10(12)7-8-16-9-11(14-5-2)15-6-3/h7-8,11H,4-6,9H2,1-3H3/b8-7+. The maximum absolute atomic E-state index is 11.0. The van der Waals surface area contributed by atoms with Crippen LogP contribution in [-0.4, -0.2) is 47.0 Å². The molecule has 0 aromatic rings. The summed E-state index contributed by atoms with van der Waals surface area (Å²) in [5.74, 6) is -0.284. The molecule has 0 aliphatic carbocycles.